The van der Waals surface area contributed by atoms with E-state index in [1.54, 1.807) is 18.2 Å². The summed E-state index contributed by atoms with van der Waals surface area (Å²) in [5.41, 5.74) is 3.26. The number of fused-ring (bicyclic) bond motifs is 5. The van der Waals surface area contributed by atoms with Crippen molar-refractivity contribution in [1.82, 2.24) is 0 Å². The maximum atomic E-state index is 12.9. The van der Waals surface area contributed by atoms with Gasteiger partial charge in [-0.3, -0.25) is 19.3 Å². The molecular weight excluding hydrogens is 500 g/mol. The van der Waals surface area contributed by atoms with E-state index < -0.39 is 18.5 Å². The fourth-order valence-electron chi connectivity index (χ4n) is 5.23. The highest BCUT2D eigenvalue weighted by Gasteiger charge is 2.59. The number of rotatable bonds is 5. The first-order valence-corrected chi connectivity index (χ1v) is 11.9. The van der Waals surface area contributed by atoms with Gasteiger partial charge in [0.05, 0.1) is 23.1 Å². The summed E-state index contributed by atoms with van der Waals surface area (Å²) in [6, 6.07) is 9.75. The Balaban J connectivity index is 1.20. The van der Waals surface area contributed by atoms with Gasteiger partial charge in [0.15, 0.2) is 6.61 Å². The number of hydrogen-bond donors (Lipinski definition) is 1. The normalized spacial score (nSPS) is 24.5. The number of imide groups is 1. The Hall–Kier alpha value is -3.26. The van der Waals surface area contributed by atoms with Gasteiger partial charge in [0.2, 0.25) is 11.8 Å². The molecule has 7 nitrogen and oxygen atoms in total. The van der Waals surface area contributed by atoms with Crippen molar-refractivity contribution in [3.05, 3.63) is 69.7 Å². The molecule has 0 spiro atoms. The molecular formula is C26H23BrN2O5. The predicted molar refractivity (Wildman–Crippen MR) is 129 cm³/mol. The zero-order chi connectivity index (χ0) is 24.1. The Labute approximate surface area is 205 Å². The van der Waals surface area contributed by atoms with Crippen LogP contribution in [0.4, 0.5) is 11.4 Å². The number of anilines is 2. The molecule has 1 heterocycles. The van der Waals surface area contributed by atoms with E-state index in [0.29, 0.717) is 11.4 Å². The van der Waals surface area contributed by atoms with Crippen molar-refractivity contribution in [1.29, 1.82) is 0 Å². The number of hydrogen-bond acceptors (Lipinski definition) is 5. The zero-order valence-electron chi connectivity index (χ0n) is 18.7. The molecule has 1 saturated heterocycles. The second-order valence-corrected chi connectivity index (χ2v) is 9.88. The monoisotopic (exact) mass is 522 g/mol. The number of esters is 1. The molecule has 1 N–H and O–H groups in total. The molecule has 0 radical (unpaired) electrons. The van der Waals surface area contributed by atoms with Crippen molar-refractivity contribution in [2.24, 2.45) is 23.7 Å². The highest BCUT2D eigenvalue weighted by molar-refractivity contribution is 9.10. The van der Waals surface area contributed by atoms with Crippen LogP contribution in [0.2, 0.25) is 0 Å². The molecule has 1 saturated carbocycles. The summed E-state index contributed by atoms with van der Waals surface area (Å²) in [6.07, 6.45) is 4.98. The summed E-state index contributed by atoms with van der Waals surface area (Å²) >= 11 is 3.45. The molecule has 3 amide bonds. The largest absolute Gasteiger partial charge is 0.452 e. The standard InChI is InChI=1S/C26H23BrN2O5/c1-13-14(2)20(10-9-19(13)27)28-21(30)12-34-26(33)15-5-7-18(8-6-15)29-24(31)22-16-3-4-17(11-16)23(22)25(29)32/h3-10,16-17,22-23H,11-12H2,1-2H3,(H,28,30)/t16-,17-,22+,23+/m0/s1. The van der Waals surface area contributed by atoms with E-state index in [-0.39, 0.29) is 41.0 Å². The number of ether oxygens (including phenoxy) is 1. The van der Waals surface area contributed by atoms with Gasteiger partial charge in [-0.1, -0.05) is 28.1 Å². The molecule has 2 bridgehead atoms. The van der Waals surface area contributed by atoms with Crippen molar-refractivity contribution >= 4 is 51.0 Å². The van der Waals surface area contributed by atoms with Crippen molar-refractivity contribution < 1.29 is 23.9 Å². The Morgan fingerprint density at radius 3 is 2.21 bits per heavy atom. The average Bonchev–Trinajstić information content (AvgIpc) is 3.51. The molecule has 2 aliphatic carbocycles. The molecule has 5 rings (SSSR count). The fraction of sp³-hybridized carbons (Fsp3) is 0.308. The average molecular weight is 523 g/mol. The second kappa shape index (κ2) is 8.51. The van der Waals surface area contributed by atoms with Crippen molar-refractivity contribution in [3.8, 4) is 0 Å². The first-order chi connectivity index (χ1) is 16.3. The zero-order valence-corrected chi connectivity index (χ0v) is 20.3. The summed E-state index contributed by atoms with van der Waals surface area (Å²) in [5.74, 6) is -1.72. The van der Waals surface area contributed by atoms with E-state index in [4.69, 9.17) is 4.74 Å². The minimum Gasteiger partial charge on any atom is -0.452 e. The Morgan fingerprint density at radius 1 is 0.971 bits per heavy atom. The molecule has 1 aliphatic heterocycles. The topological polar surface area (TPSA) is 92.8 Å². The number of amides is 3. The summed E-state index contributed by atoms with van der Waals surface area (Å²) in [4.78, 5) is 51.8. The molecule has 8 heteroatoms. The third-order valence-electron chi connectivity index (χ3n) is 7.16. The lowest BCUT2D eigenvalue weighted by Crippen LogP contribution is -2.32. The van der Waals surface area contributed by atoms with Crippen LogP contribution in [0.1, 0.15) is 27.9 Å². The minimum atomic E-state index is -0.663. The van der Waals surface area contributed by atoms with E-state index >= 15 is 0 Å². The van der Waals surface area contributed by atoms with Crippen LogP contribution in [0.3, 0.4) is 0 Å². The molecule has 34 heavy (non-hydrogen) atoms. The number of halogens is 1. The van der Waals surface area contributed by atoms with Gasteiger partial charge in [0.25, 0.3) is 5.91 Å². The summed E-state index contributed by atoms with van der Waals surface area (Å²) < 4.78 is 6.09. The third-order valence-corrected chi connectivity index (χ3v) is 8.02. The lowest BCUT2D eigenvalue weighted by Gasteiger charge is -2.17. The minimum absolute atomic E-state index is 0.141. The van der Waals surface area contributed by atoms with Crippen LogP contribution in [0.15, 0.2) is 53.0 Å². The maximum Gasteiger partial charge on any atom is 0.338 e. The number of allylic oxidation sites excluding steroid dienone is 2. The molecule has 2 aromatic rings. The summed E-state index contributed by atoms with van der Waals surface area (Å²) in [6.45, 7) is 3.40. The van der Waals surface area contributed by atoms with E-state index in [2.05, 4.69) is 33.4 Å². The molecule has 0 unspecified atom stereocenters. The van der Waals surface area contributed by atoms with Gasteiger partial charge < -0.3 is 10.1 Å². The van der Waals surface area contributed by atoms with Crippen molar-refractivity contribution in [2.75, 3.05) is 16.8 Å². The third kappa shape index (κ3) is 3.66. The lowest BCUT2D eigenvalue weighted by molar-refractivity contribution is -0.123. The molecule has 2 fully saturated rings. The van der Waals surface area contributed by atoms with Crippen molar-refractivity contribution in [3.63, 3.8) is 0 Å². The number of carbonyl (C=O) groups is 4. The van der Waals surface area contributed by atoms with Gasteiger partial charge in [0, 0.05) is 10.2 Å². The lowest BCUT2D eigenvalue weighted by atomic mass is 9.85. The molecule has 2 aromatic carbocycles. The van der Waals surface area contributed by atoms with Crippen LogP contribution in [0.25, 0.3) is 0 Å². The van der Waals surface area contributed by atoms with E-state index in [0.717, 1.165) is 22.0 Å². The molecule has 3 aliphatic rings. The smallest absolute Gasteiger partial charge is 0.338 e. The van der Waals surface area contributed by atoms with Crippen LogP contribution < -0.4 is 10.2 Å². The van der Waals surface area contributed by atoms with Crippen LogP contribution in [0, 0.1) is 37.5 Å². The SMILES string of the molecule is Cc1c(Br)ccc(NC(=O)COC(=O)c2ccc(N3C(=O)[C@H]4[C@H](C3=O)[C@H]3C=C[C@H]4C3)cc2)c1C. The Bertz CT molecular complexity index is 1220. The number of benzene rings is 2. The Morgan fingerprint density at radius 2 is 1.59 bits per heavy atom. The van der Waals surface area contributed by atoms with Gasteiger partial charge in [-0.25, -0.2) is 4.79 Å². The van der Waals surface area contributed by atoms with E-state index in [9.17, 15) is 19.2 Å². The first-order valence-electron chi connectivity index (χ1n) is 11.1. The van der Waals surface area contributed by atoms with E-state index in [1.807, 2.05) is 19.9 Å². The van der Waals surface area contributed by atoms with E-state index in [1.165, 1.54) is 17.0 Å². The quantitative estimate of drug-likeness (QED) is 0.361. The Kier molecular flexibility index (Phi) is 5.64. The number of nitrogens with one attached hydrogen (secondary N) is 1. The number of nitrogens with zero attached hydrogens (tertiary/aromatic N) is 1. The first kappa shape index (κ1) is 22.5. The van der Waals surface area contributed by atoms with Crippen LogP contribution in [0.5, 0.6) is 0 Å². The summed E-state index contributed by atoms with van der Waals surface area (Å²) in [7, 11) is 0. The predicted octanol–water partition coefficient (Wildman–Crippen LogP) is 4.17. The molecule has 4 atom stereocenters. The van der Waals surface area contributed by atoms with Gasteiger partial charge >= 0.3 is 5.97 Å². The molecule has 174 valence electrons. The van der Waals surface area contributed by atoms with Gasteiger partial charge in [-0.05, 0) is 79.6 Å². The molecule has 0 aromatic heterocycles. The van der Waals surface area contributed by atoms with Crippen LogP contribution in [-0.2, 0) is 19.1 Å². The maximum absolute atomic E-state index is 12.9. The highest BCUT2D eigenvalue weighted by atomic mass is 79.9. The fourth-order valence-corrected chi connectivity index (χ4v) is 5.66. The van der Waals surface area contributed by atoms with Gasteiger partial charge in [0.1, 0.15) is 0 Å². The summed E-state index contributed by atoms with van der Waals surface area (Å²) in [5, 5.41) is 2.75. The highest BCUT2D eigenvalue weighted by Crippen LogP contribution is 2.53. The van der Waals surface area contributed by atoms with Crippen LogP contribution in [-0.4, -0.2) is 30.3 Å². The van der Waals surface area contributed by atoms with Gasteiger partial charge in [-0.2, -0.15) is 0 Å². The van der Waals surface area contributed by atoms with Gasteiger partial charge in [-0.15, -0.1) is 0 Å². The van der Waals surface area contributed by atoms with Crippen LogP contribution >= 0.6 is 15.9 Å². The number of carbonyl (C=O) groups excluding carboxylic acids is 4. The van der Waals surface area contributed by atoms with Crippen molar-refractivity contribution in [2.45, 2.75) is 20.3 Å². The second-order valence-electron chi connectivity index (χ2n) is 9.03.